The van der Waals surface area contributed by atoms with E-state index in [9.17, 15) is 8.42 Å². The fourth-order valence-corrected chi connectivity index (χ4v) is 2.92. The van der Waals surface area contributed by atoms with Crippen LogP contribution in [0.3, 0.4) is 0 Å². The molecule has 1 aromatic heterocycles. The molecular formula is C13H24N2O5S. The fraction of sp³-hybridized carbons (Fsp3) is 0.692. The van der Waals surface area contributed by atoms with Gasteiger partial charge in [-0.3, -0.25) is 0 Å². The fourth-order valence-electron chi connectivity index (χ4n) is 1.71. The van der Waals surface area contributed by atoms with Crippen molar-refractivity contribution in [3.63, 3.8) is 0 Å². The van der Waals surface area contributed by atoms with Crippen LogP contribution in [0.15, 0.2) is 21.6 Å². The highest BCUT2D eigenvalue weighted by atomic mass is 32.2. The Morgan fingerprint density at radius 2 is 2.10 bits per heavy atom. The molecule has 0 bridgehead atoms. The van der Waals surface area contributed by atoms with Crippen molar-refractivity contribution in [3.05, 3.63) is 17.9 Å². The van der Waals surface area contributed by atoms with Gasteiger partial charge in [-0.15, -0.1) is 0 Å². The molecule has 0 aromatic carbocycles. The molecule has 0 radical (unpaired) electrons. The zero-order valence-corrected chi connectivity index (χ0v) is 13.4. The number of hydrogen-bond donors (Lipinski definition) is 3. The lowest BCUT2D eigenvalue weighted by Gasteiger charge is -2.15. The number of aliphatic hydroxyl groups is 1. The Morgan fingerprint density at radius 1 is 1.38 bits per heavy atom. The molecule has 122 valence electrons. The van der Waals surface area contributed by atoms with Gasteiger partial charge in [0.25, 0.3) is 10.0 Å². The van der Waals surface area contributed by atoms with Gasteiger partial charge < -0.3 is 19.6 Å². The quantitative estimate of drug-likeness (QED) is 0.579. The Labute approximate surface area is 125 Å². The second-order valence-electron chi connectivity index (χ2n) is 5.04. The summed E-state index contributed by atoms with van der Waals surface area (Å²) in [5.74, 6) is 0.550. The molecule has 1 heterocycles. The molecule has 0 saturated heterocycles. The Kier molecular flexibility index (Phi) is 7.33. The average molecular weight is 320 g/mol. The lowest BCUT2D eigenvalue weighted by molar-refractivity contribution is 0.157. The van der Waals surface area contributed by atoms with E-state index >= 15 is 0 Å². The minimum absolute atomic E-state index is 0.127. The third kappa shape index (κ3) is 6.15. The van der Waals surface area contributed by atoms with Crippen LogP contribution in [0.5, 0.6) is 0 Å². The van der Waals surface area contributed by atoms with Crippen LogP contribution in [0.4, 0.5) is 0 Å². The highest BCUT2D eigenvalue weighted by Gasteiger charge is 2.23. The van der Waals surface area contributed by atoms with Crippen molar-refractivity contribution < 1.29 is 22.7 Å². The molecule has 1 atom stereocenters. The van der Waals surface area contributed by atoms with Crippen LogP contribution in [0.25, 0.3) is 0 Å². The number of nitrogens with one attached hydrogen (secondary N) is 2. The predicted molar refractivity (Wildman–Crippen MR) is 78.4 cm³/mol. The maximum absolute atomic E-state index is 12.2. The van der Waals surface area contributed by atoms with Crippen LogP contribution in [0, 0.1) is 0 Å². The Morgan fingerprint density at radius 3 is 2.67 bits per heavy atom. The lowest BCUT2D eigenvalue weighted by atomic mass is 10.2. The normalized spacial score (nSPS) is 13.8. The first-order valence-corrected chi connectivity index (χ1v) is 8.31. The smallest absolute Gasteiger partial charge is 0.274 e. The molecule has 3 N–H and O–H groups in total. The number of aliphatic hydroxyl groups excluding tert-OH is 1. The van der Waals surface area contributed by atoms with Gasteiger partial charge in [-0.2, -0.15) is 0 Å². The molecule has 0 aliphatic heterocycles. The van der Waals surface area contributed by atoms with E-state index in [2.05, 4.69) is 10.0 Å². The van der Waals surface area contributed by atoms with Crippen molar-refractivity contribution in [2.45, 2.75) is 44.0 Å². The molecule has 0 fully saturated rings. The maximum atomic E-state index is 12.2. The zero-order chi connectivity index (χ0) is 15.9. The molecule has 0 saturated carbocycles. The van der Waals surface area contributed by atoms with Crippen LogP contribution in [-0.4, -0.2) is 45.9 Å². The summed E-state index contributed by atoms with van der Waals surface area (Å²) in [4.78, 5) is 0. The predicted octanol–water partition coefficient (Wildman–Crippen LogP) is 0.453. The van der Waals surface area contributed by atoms with E-state index < -0.39 is 16.1 Å². The third-order valence-electron chi connectivity index (χ3n) is 2.75. The molecule has 1 rings (SSSR count). The van der Waals surface area contributed by atoms with E-state index in [-0.39, 0.29) is 30.8 Å². The molecule has 0 spiro atoms. The monoisotopic (exact) mass is 320 g/mol. The highest BCUT2D eigenvalue weighted by Crippen LogP contribution is 2.15. The van der Waals surface area contributed by atoms with E-state index in [0.717, 1.165) is 0 Å². The number of furan rings is 1. The summed E-state index contributed by atoms with van der Waals surface area (Å²) in [6.45, 7) is 4.50. The number of sulfonamides is 1. The SMILES string of the molecule is COCC(CCO)NS(=O)(=O)c1ccc(CNC(C)C)o1. The minimum Gasteiger partial charge on any atom is -0.447 e. The third-order valence-corrected chi connectivity index (χ3v) is 4.15. The molecule has 21 heavy (non-hydrogen) atoms. The van der Waals surface area contributed by atoms with E-state index in [4.69, 9.17) is 14.3 Å². The van der Waals surface area contributed by atoms with Crippen molar-refractivity contribution in [2.75, 3.05) is 20.3 Å². The highest BCUT2D eigenvalue weighted by molar-refractivity contribution is 7.89. The second kappa shape index (κ2) is 8.50. The van der Waals surface area contributed by atoms with Gasteiger partial charge in [0.2, 0.25) is 5.09 Å². The zero-order valence-electron chi connectivity index (χ0n) is 12.6. The van der Waals surface area contributed by atoms with Crippen LogP contribution in [0.1, 0.15) is 26.0 Å². The van der Waals surface area contributed by atoms with Crippen molar-refractivity contribution in [1.29, 1.82) is 0 Å². The van der Waals surface area contributed by atoms with Crippen LogP contribution in [0.2, 0.25) is 0 Å². The van der Waals surface area contributed by atoms with Crippen LogP contribution >= 0.6 is 0 Å². The molecule has 0 amide bonds. The number of methoxy groups -OCH3 is 1. The van der Waals surface area contributed by atoms with Gasteiger partial charge in [0.15, 0.2) is 0 Å². The molecular weight excluding hydrogens is 296 g/mol. The van der Waals surface area contributed by atoms with Gasteiger partial charge in [-0.05, 0) is 18.6 Å². The number of ether oxygens (including phenoxy) is 1. The summed E-state index contributed by atoms with van der Waals surface area (Å²) in [6, 6.07) is 2.83. The summed E-state index contributed by atoms with van der Waals surface area (Å²) >= 11 is 0. The largest absolute Gasteiger partial charge is 0.447 e. The summed E-state index contributed by atoms with van der Waals surface area (Å²) in [6.07, 6.45) is 0.273. The van der Waals surface area contributed by atoms with Gasteiger partial charge in [-0.1, -0.05) is 13.8 Å². The molecule has 7 nitrogen and oxygen atoms in total. The van der Waals surface area contributed by atoms with E-state index in [1.165, 1.54) is 13.2 Å². The van der Waals surface area contributed by atoms with E-state index in [0.29, 0.717) is 12.3 Å². The summed E-state index contributed by atoms with van der Waals surface area (Å²) in [5, 5.41) is 11.9. The molecule has 1 unspecified atom stereocenters. The van der Waals surface area contributed by atoms with Crippen molar-refractivity contribution in [1.82, 2.24) is 10.0 Å². The Hall–Kier alpha value is -0.930. The van der Waals surface area contributed by atoms with Crippen LogP contribution < -0.4 is 10.0 Å². The Balaban J connectivity index is 2.73. The van der Waals surface area contributed by atoms with Gasteiger partial charge in [0, 0.05) is 25.8 Å². The first-order valence-electron chi connectivity index (χ1n) is 6.83. The summed E-state index contributed by atoms with van der Waals surface area (Å²) < 4.78 is 37.1. The Bertz CT molecular complexity index is 506. The lowest BCUT2D eigenvalue weighted by Crippen LogP contribution is -2.38. The van der Waals surface area contributed by atoms with Crippen molar-refractivity contribution in [2.24, 2.45) is 0 Å². The molecule has 1 aromatic rings. The molecule has 0 aliphatic carbocycles. The van der Waals surface area contributed by atoms with Gasteiger partial charge in [0.1, 0.15) is 5.76 Å². The number of hydrogen-bond acceptors (Lipinski definition) is 6. The van der Waals surface area contributed by atoms with Crippen molar-refractivity contribution in [3.8, 4) is 0 Å². The van der Waals surface area contributed by atoms with Crippen LogP contribution in [-0.2, 0) is 21.3 Å². The summed E-state index contributed by atoms with van der Waals surface area (Å²) in [5.41, 5.74) is 0. The van der Waals surface area contributed by atoms with Gasteiger partial charge in [0.05, 0.1) is 13.2 Å². The molecule has 0 aliphatic rings. The summed E-state index contributed by atoms with van der Waals surface area (Å²) in [7, 11) is -2.28. The maximum Gasteiger partial charge on any atom is 0.274 e. The van der Waals surface area contributed by atoms with E-state index in [1.54, 1.807) is 6.07 Å². The molecule has 8 heteroatoms. The van der Waals surface area contributed by atoms with Gasteiger partial charge in [-0.25, -0.2) is 13.1 Å². The minimum atomic E-state index is -3.76. The second-order valence-corrected chi connectivity index (χ2v) is 6.69. The topological polar surface area (TPSA) is 101 Å². The first-order chi connectivity index (χ1) is 9.89. The average Bonchev–Trinajstić information content (AvgIpc) is 2.86. The van der Waals surface area contributed by atoms with Crippen molar-refractivity contribution >= 4 is 10.0 Å². The first kappa shape index (κ1) is 18.1. The van der Waals surface area contributed by atoms with E-state index in [1.807, 2.05) is 13.8 Å². The van der Waals surface area contributed by atoms with Gasteiger partial charge >= 0.3 is 0 Å². The standard InChI is InChI=1S/C13H24N2O5S/c1-10(2)14-8-12-4-5-13(20-12)21(17,18)15-11(6-7-16)9-19-3/h4-5,10-11,14-16H,6-9H2,1-3H3. The number of rotatable bonds is 10.